The van der Waals surface area contributed by atoms with Crippen molar-refractivity contribution in [1.29, 1.82) is 0 Å². The van der Waals surface area contributed by atoms with Crippen LogP contribution in [0.2, 0.25) is 10.0 Å². The van der Waals surface area contributed by atoms with Gasteiger partial charge in [-0.25, -0.2) is 0 Å². The van der Waals surface area contributed by atoms with Crippen LogP contribution in [-0.4, -0.2) is 16.9 Å². The first-order chi connectivity index (χ1) is 18.4. The predicted molar refractivity (Wildman–Crippen MR) is 157 cm³/mol. The number of ether oxygens (including phenoxy) is 1. The smallest absolute Gasteiger partial charge is 0.270 e. The van der Waals surface area contributed by atoms with Gasteiger partial charge in [-0.1, -0.05) is 78.7 Å². The molecule has 5 nitrogen and oxygen atoms in total. The van der Waals surface area contributed by atoms with Crippen molar-refractivity contribution in [3.8, 4) is 5.75 Å². The number of hydrogen-bond donors (Lipinski definition) is 1. The zero-order chi connectivity index (χ0) is 26.8. The molecule has 2 amide bonds. The number of anilines is 1. The fraction of sp³-hybridized carbons (Fsp3) is 0.100. The summed E-state index contributed by atoms with van der Waals surface area (Å²) in [7, 11) is 0. The molecule has 0 unspecified atom stereocenters. The van der Waals surface area contributed by atoms with Gasteiger partial charge in [0, 0.05) is 21.2 Å². The highest BCUT2D eigenvalue weighted by Gasteiger charge is 2.34. The Hall–Kier alpha value is -3.71. The second-order valence-corrected chi connectivity index (χ2v) is 9.93. The van der Waals surface area contributed by atoms with Gasteiger partial charge in [0.25, 0.3) is 11.8 Å². The van der Waals surface area contributed by atoms with Crippen LogP contribution in [0.5, 0.6) is 5.75 Å². The summed E-state index contributed by atoms with van der Waals surface area (Å²) in [6.45, 7) is 2.22. The van der Waals surface area contributed by atoms with Gasteiger partial charge in [0.05, 0.1) is 5.69 Å². The molecule has 0 radical (unpaired) electrons. The van der Waals surface area contributed by atoms with Crippen LogP contribution < -0.4 is 15.0 Å². The minimum Gasteiger partial charge on any atom is -0.488 e. The summed E-state index contributed by atoms with van der Waals surface area (Å²) in [4.78, 5) is 28.0. The van der Waals surface area contributed by atoms with Crippen molar-refractivity contribution in [2.75, 3.05) is 4.90 Å². The Kier molecular flexibility index (Phi) is 7.47. The number of amides is 2. The quantitative estimate of drug-likeness (QED) is 0.155. The molecule has 0 bridgehead atoms. The molecule has 190 valence electrons. The van der Waals surface area contributed by atoms with Crippen molar-refractivity contribution < 1.29 is 14.3 Å². The number of fused-ring (bicyclic) bond motifs is 1. The molecule has 4 aromatic carbocycles. The molecule has 0 atom stereocenters. The lowest BCUT2D eigenvalue weighted by atomic mass is 9.99. The SMILES string of the molecule is CCc1ccc(N2C(=O)/C(=C/c3c(OCc4ccc(Cl)cc4Cl)ccc4ccccc34)C(=O)NC2=S)cc1. The van der Waals surface area contributed by atoms with Crippen molar-refractivity contribution in [2.24, 2.45) is 0 Å². The van der Waals surface area contributed by atoms with Gasteiger partial charge in [-0.3, -0.25) is 19.8 Å². The summed E-state index contributed by atoms with van der Waals surface area (Å²) in [5.41, 5.74) is 3.00. The van der Waals surface area contributed by atoms with E-state index in [1.54, 1.807) is 24.3 Å². The van der Waals surface area contributed by atoms with E-state index in [2.05, 4.69) is 12.2 Å². The topological polar surface area (TPSA) is 58.6 Å². The fourth-order valence-corrected chi connectivity index (χ4v) is 5.01. The number of thiocarbonyl (C=S) groups is 1. The lowest BCUT2D eigenvalue weighted by Gasteiger charge is -2.29. The van der Waals surface area contributed by atoms with Crippen molar-refractivity contribution in [1.82, 2.24) is 5.32 Å². The van der Waals surface area contributed by atoms with Crippen LogP contribution in [0.4, 0.5) is 5.69 Å². The van der Waals surface area contributed by atoms with Gasteiger partial charge in [0.15, 0.2) is 5.11 Å². The largest absolute Gasteiger partial charge is 0.488 e. The van der Waals surface area contributed by atoms with Crippen molar-refractivity contribution >= 4 is 74.9 Å². The average molecular weight is 561 g/mol. The summed E-state index contributed by atoms with van der Waals surface area (Å²) in [6, 6.07) is 24.1. The Balaban J connectivity index is 1.56. The third kappa shape index (κ3) is 5.16. The molecule has 0 spiro atoms. The van der Waals surface area contributed by atoms with Gasteiger partial charge in [-0.2, -0.15) is 0 Å². The molecule has 1 aliphatic heterocycles. The van der Waals surface area contributed by atoms with E-state index in [0.717, 1.165) is 28.3 Å². The molecule has 0 aliphatic carbocycles. The molecule has 4 aromatic rings. The monoisotopic (exact) mass is 560 g/mol. The molecule has 1 saturated heterocycles. The number of carbonyl (C=O) groups is 2. The number of nitrogens with one attached hydrogen (secondary N) is 1. The van der Waals surface area contributed by atoms with Crippen LogP contribution in [0.25, 0.3) is 16.8 Å². The van der Waals surface area contributed by atoms with E-state index >= 15 is 0 Å². The molecule has 8 heteroatoms. The predicted octanol–water partition coefficient (Wildman–Crippen LogP) is 7.12. The van der Waals surface area contributed by atoms with Crippen LogP contribution in [0.15, 0.2) is 84.4 Å². The van der Waals surface area contributed by atoms with Gasteiger partial charge in [0.1, 0.15) is 17.9 Å². The molecule has 1 heterocycles. The molecule has 1 aliphatic rings. The molecule has 1 fully saturated rings. The lowest BCUT2D eigenvalue weighted by molar-refractivity contribution is -0.122. The first-order valence-electron chi connectivity index (χ1n) is 11.9. The van der Waals surface area contributed by atoms with Crippen molar-refractivity contribution in [2.45, 2.75) is 20.0 Å². The highest BCUT2D eigenvalue weighted by Crippen LogP contribution is 2.33. The minimum atomic E-state index is -0.568. The molecule has 0 saturated carbocycles. The number of rotatable bonds is 6. The van der Waals surface area contributed by atoms with Gasteiger partial charge in [0.2, 0.25) is 0 Å². The van der Waals surface area contributed by atoms with E-state index in [4.69, 9.17) is 40.2 Å². The number of carbonyl (C=O) groups excluding carboxylic acids is 2. The standard InChI is InChI=1S/C30H22Cl2N2O3S/c1-2-18-7-12-22(13-8-18)34-29(36)25(28(35)33-30(34)38)16-24-23-6-4-3-5-19(23)10-14-27(24)37-17-20-9-11-21(31)15-26(20)32/h3-16H,2,17H2,1H3,(H,33,35,38)/b25-16+. The zero-order valence-corrected chi connectivity index (χ0v) is 22.7. The van der Waals surface area contributed by atoms with Crippen molar-refractivity contribution in [3.05, 3.63) is 111 Å². The number of benzene rings is 4. The van der Waals surface area contributed by atoms with E-state index in [-0.39, 0.29) is 17.3 Å². The summed E-state index contributed by atoms with van der Waals surface area (Å²) >= 11 is 17.7. The summed E-state index contributed by atoms with van der Waals surface area (Å²) < 4.78 is 6.17. The maximum atomic E-state index is 13.6. The second kappa shape index (κ2) is 11.0. The maximum Gasteiger partial charge on any atom is 0.270 e. The van der Waals surface area contributed by atoms with Crippen LogP contribution in [0.1, 0.15) is 23.6 Å². The third-order valence-electron chi connectivity index (χ3n) is 6.32. The normalized spacial score (nSPS) is 14.8. The van der Waals surface area contributed by atoms with E-state index in [1.165, 1.54) is 4.90 Å². The van der Waals surface area contributed by atoms with E-state index in [9.17, 15) is 9.59 Å². The first kappa shape index (κ1) is 25.9. The maximum absolute atomic E-state index is 13.6. The summed E-state index contributed by atoms with van der Waals surface area (Å²) in [5.74, 6) is -0.585. The number of halogens is 2. The third-order valence-corrected chi connectivity index (χ3v) is 7.19. The lowest BCUT2D eigenvalue weighted by Crippen LogP contribution is -2.54. The van der Waals surface area contributed by atoms with Crippen LogP contribution >= 0.6 is 35.4 Å². The van der Waals surface area contributed by atoms with Crippen LogP contribution in [-0.2, 0) is 22.6 Å². The number of aryl methyl sites for hydroxylation is 1. The molecule has 0 aromatic heterocycles. The molecular formula is C30H22Cl2N2O3S. The Bertz CT molecular complexity index is 1620. The Morgan fingerprint density at radius 2 is 1.74 bits per heavy atom. The average Bonchev–Trinajstić information content (AvgIpc) is 2.91. The van der Waals surface area contributed by atoms with Gasteiger partial charge in [-0.05, 0) is 71.4 Å². The number of hydrogen-bond acceptors (Lipinski definition) is 4. The summed E-state index contributed by atoms with van der Waals surface area (Å²) in [5, 5.41) is 5.46. The highest BCUT2D eigenvalue weighted by atomic mass is 35.5. The minimum absolute atomic E-state index is 0.0353. The van der Waals surface area contributed by atoms with E-state index < -0.39 is 11.8 Å². The molecule has 5 rings (SSSR count). The number of nitrogens with zero attached hydrogens (tertiary/aromatic N) is 1. The highest BCUT2D eigenvalue weighted by molar-refractivity contribution is 7.80. The molecule has 38 heavy (non-hydrogen) atoms. The van der Waals surface area contributed by atoms with Gasteiger partial charge in [-0.15, -0.1) is 0 Å². The second-order valence-electron chi connectivity index (χ2n) is 8.70. The fourth-order valence-electron chi connectivity index (χ4n) is 4.26. The van der Waals surface area contributed by atoms with E-state index in [0.29, 0.717) is 27.0 Å². The Labute approximate surface area is 235 Å². The van der Waals surface area contributed by atoms with Gasteiger partial charge >= 0.3 is 0 Å². The molecule has 1 N–H and O–H groups in total. The zero-order valence-electron chi connectivity index (χ0n) is 20.3. The van der Waals surface area contributed by atoms with Gasteiger partial charge < -0.3 is 4.74 Å². The first-order valence-corrected chi connectivity index (χ1v) is 13.1. The summed E-state index contributed by atoms with van der Waals surface area (Å²) in [6.07, 6.45) is 2.43. The Morgan fingerprint density at radius 1 is 0.974 bits per heavy atom. The molecular weight excluding hydrogens is 539 g/mol. The Morgan fingerprint density at radius 3 is 2.47 bits per heavy atom. The van der Waals surface area contributed by atoms with Crippen LogP contribution in [0, 0.1) is 0 Å². The van der Waals surface area contributed by atoms with Crippen molar-refractivity contribution in [3.63, 3.8) is 0 Å². The van der Waals surface area contributed by atoms with Crippen LogP contribution in [0.3, 0.4) is 0 Å². The van der Waals surface area contributed by atoms with E-state index in [1.807, 2.05) is 60.7 Å².